The van der Waals surface area contributed by atoms with E-state index in [-0.39, 0.29) is 0 Å². The number of hydrogen-bond donors (Lipinski definition) is 2. The molecule has 0 bridgehead atoms. The van der Waals surface area contributed by atoms with Crippen molar-refractivity contribution in [1.29, 1.82) is 0 Å². The average molecular weight is 194 g/mol. The van der Waals surface area contributed by atoms with E-state index in [1.807, 2.05) is 0 Å². The average Bonchev–Trinajstić information content (AvgIpc) is 2.45. The van der Waals surface area contributed by atoms with Crippen LogP contribution in [0.15, 0.2) is 0 Å². The largest absolute Gasteiger partial charge is 0.313 e. The van der Waals surface area contributed by atoms with E-state index in [0.717, 1.165) is 19.1 Å². The Morgan fingerprint density at radius 1 is 1.43 bits per heavy atom. The molecule has 0 aromatic rings. The molecule has 80 valence electrons. The van der Waals surface area contributed by atoms with E-state index in [9.17, 15) is 0 Å². The van der Waals surface area contributed by atoms with Gasteiger partial charge in [-0.05, 0) is 24.7 Å². The minimum atomic E-state index is 0.546. The molecule has 1 unspecified atom stereocenters. The van der Waals surface area contributed by atoms with Gasteiger partial charge in [0, 0.05) is 19.1 Å². The molecule has 0 aromatic heterocycles. The van der Waals surface area contributed by atoms with Crippen molar-refractivity contribution in [3.8, 4) is 12.3 Å². The van der Waals surface area contributed by atoms with Gasteiger partial charge in [-0.2, -0.15) is 0 Å². The van der Waals surface area contributed by atoms with Crippen molar-refractivity contribution in [2.75, 3.05) is 19.6 Å². The van der Waals surface area contributed by atoms with Crippen molar-refractivity contribution in [2.45, 2.75) is 39.2 Å². The van der Waals surface area contributed by atoms with E-state index in [2.05, 4.69) is 30.4 Å². The van der Waals surface area contributed by atoms with Gasteiger partial charge in [0.1, 0.15) is 0 Å². The minimum absolute atomic E-state index is 0.546. The normalized spacial score (nSPS) is 24.8. The van der Waals surface area contributed by atoms with Crippen molar-refractivity contribution in [2.24, 2.45) is 5.41 Å². The standard InChI is InChI=1S/C12H22N2/c1-4-7-13-8-9-14-11-5-6-12(2,3)10-11/h1,11,13-14H,5-10H2,2-3H3. The fourth-order valence-electron chi connectivity index (χ4n) is 2.14. The summed E-state index contributed by atoms with van der Waals surface area (Å²) in [5, 5.41) is 6.75. The maximum absolute atomic E-state index is 5.14. The van der Waals surface area contributed by atoms with E-state index in [1.54, 1.807) is 0 Å². The van der Waals surface area contributed by atoms with Crippen LogP contribution in [0.3, 0.4) is 0 Å². The molecule has 2 N–H and O–H groups in total. The Hall–Kier alpha value is -0.520. The zero-order valence-corrected chi connectivity index (χ0v) is 9.40. The smallest absolute Gasteiger partial charge is 0.0574 e. The Labute approximate surface area is 87.8 Å². The molecule has 1 aliphatic rings. The summed E-state index contributed by atoms with van der Waals surface area (Å²) in [5.74, 6) is 2.57. The first kappa shape index (κ1) is 11.6. The van der Waals surface area contributed by atoms with Gasteiger partial charge < -0.3 is 10.6 Å². The molecular formula is C12H22N2. The SMILES string of the molecule is C#CCNCCNC1CCC(C)(C)C1. The predicted molar refractivity (Wildman–Crippen MR) is 61.1 cm³/mol. The second kappa shape index (κ2) is 5.38. The Kier molecular flexibility index (Phi) is 4.44. The summed E-state index contributed by atoms with van der Waals surface area (Å²) in [5.41, 5.74) is 0.546. The van der Waals surface area contributed by atoms with Crippen molar-refractivity contribution in [1.82, 2.24) is 10.6 Å². The van der Waals surface area contributed by atoms with Crippen LogP contribution in [-0.4, -0.2) is 25.7 Å². The second-order valence-corrected chi connectivity index (χ2v) is 4.94. The molecule has 1 atom stereocenters. The van der Waals surface area contributed by atoms with Crippen LogP contribution in [0, 0.1) is 17.8 Å². The van der Waals surface area contributed by atoms with E-state index in [1.165, 1.54) is 19.3 Å². The first-order valence-electron chi connectivity index (χ1n) is 5.52. The quantitative estimate of drug-likeness (QED) is 0.510. The highest BCUT2D eigenvalue weighted by molar-refractivity contribution is 4.88. The van der Waals surface area contributed by atoms with Crippen molar-refractivity contribution >= 4 is 0 Å². The summed E-state index contributed by atoms with van der Waals surface area (Å²) in [7, 11) is 0. The molecule has 14 heavy (non-hydrogen) atoms. The highest BCUT2D eigenvalue weighted by Gasteiger charge is 2.30. The fraction of sp³-hybridized carbons (Fsp3) is 0.833. The van der Waals surface area contributed by atoms with Crippen molar-refractivity contribution in [3.63, 3.8) is 0 Å². The lowest BCUT2D eigenvalue weighted by Crippen LogP contribution is -2.34. The monoisotopic (exact) mass is 194 g/mol. The first-order chi connectivity index (χ1) is 6.64. The van der Waals surface area contributed by atoms with Gasteiger partial charge in [-0.15, -0.1) is 6.42 Å². The summed E-state index contributed by atoms with van der Waals surface area (Å²) in [6.07, 6.45) is 9.11. The van der Waals surface area contributed by atoms with Gasteiger partial charge in [0.05, 0.1) is 6.54 Å². The predicted octanol–water partition coefficient (Wildman–Crippen LogP) is 1.38. The second-order valence-electron chi connectivity index (χ2n) is 4.94. The molecule has 2 heteroatoms. The molecule has 0 radical (unpaired) electrons. The van der Waals surface area contributed by atoms with Gasteiger partial charge in [0.25, 0.3) is 0 Å². The molecule has 0 saturated heterocycles. The van der Waals surface area contributed by atoms with Gasteiger partial charge in [-0.1, -0.05) is 19.8 Å². The zero-order chi connectivity index (χ0) is 10.4. The van der Waals surface area contributed by atoms with Crippen LogP contribution >= 0.6 is 0 Å². The lowest BCUT2D eigenvalue weighted by molar-refractivity contribution is 0.364. The van der Waals surface area contributed by atoms with Gasteiger partial charge in [0.2, 0.25) is 0 Å². The summed E-state index contributed by atoms with van der Waals surface area (Å²) in [6.45, 7) is 7.39. The summed E-state index contributed by atoms with van der Waals surface area (Å²) >= 11 is 0. The molecule has 1 saturated carbocycles. The van der Waals surface area contributed by atoms with Gasteiger partial charge in [0.15, 0.2) is 0 Å². The molecule has 0 spiro atoms. The molecule has 1 rings (SSSR count). The summed E-state index contributed by atoms with van der Waals surface area (Å²) < 4.78 is 0. The lowest BCUT2D eigenvalue weighted by atomic mass is 9.92. The van der Waals surface area contributed by atoms with Crippen LogP contribution in [-0.2, 0) is 0 Å². The number of rotatable bonds is 5. The van der Waals surface area contributed by atoms with Gasteiger partial charge in [-0.25, -0.2) is 0 Å². The molecular weight excluding hydrogens is 172 g/mol. The summed E-state index contributed by atoms with van der Waals surface area (Å²) in [6, 6.07) is 0.720. The molecule has 0 aliphatic heterocycles. The Morgan fingerprint density at radius 2 is 2.21 bits per heavy atom. The maximum atomic E-state index is 5.14. The molecule has 0 aromatic carbocycles. The molecule has 1 fully saturated rings. The van der Waals surface area contributed by atoms with Crippen LogP contribution in [0.1, 0.15) is 33.1 Å². The van der Waals surface area contributed by atoms with Crippen LogP contribution < -0.4 is 10.6 Å². The first-order valence-corrected chi connectivity index (χ1v) is 5.52. The van der Waals surface area contributed by atoms with Crippen molar-refractivity contribution < 1.29 is 0 Å². The Bertz CT molecular complexity index is 203. The van der Waals surface area contributed by atoms with Gasteiger partial charge >= 0.3 is 0 Å². The number of nitrogens with one attached hydrogen (secondary N) is 2. The minimum Gasteiger partial charge on any atom is -0.313 e. The van der Waals surface area contributed by atoms with Crippen LogP contribution in [0.5, 0.6) is 0 Å². The van der Waals surface area contributed by atoms with E-state index >= 15 is 0 Å². The molecule has 1 aliphatic carbocycles. The van der Waals surface area contributed by atoms with Crippen LogP contribution in [0.2, 0.25) is 0 Å². The number of terminal acetylenes is 1. The highest BCUT2D eigenvalue weighted by Crippen LogP contribution is 2.36. The Balaban J connectivity index is 2.01. The van der Waals surface area contributed by atoms with Gasteiger partial charge in [-0.3, -0.25) is 0 Å². The number of hydrogen-bond acceptors (Lipinski definition) is 2. The van der Waals surface area contributed by atoms with Crippen LogP contribution in [0.4, 0.5) is 0 Å². The summed E-state index contributed by atoms with van der Waals surface area (Å²) in [4.78, 5) is 0. The molecule has 0 heterocycles. The zero-order valence-electron chi connectivity index (χ0n) is 9.40. The van der Waals surface area contributed by atoms with Crippen molar-refractivity contribution in [3.05, 3.63) is 0 Å². The Morgan fingerprint density at radius 3 is 2.79 bits per heavy atom. The third kappa shape index (κ3) is 4.13. The highest BCUT2D eigenvalue weighted by atomic mass is 15.0. The molecule has 2 nitrogen and oxygen atoms in total. The third-order valence-electron chi connectivity index (χ3n) is 2.93. The van der Waals surface area contributed by atoms with E-state index in [4.69, 9.17) is 6.42 Å². The molecule has 0 amide bonds. The maximum Gasteiger partial charge on any atom is 0.0574 e. The lowest BCUT2D eigenvalue weighted by Gasteiger charge is -2.17. The third-order valence-corrected chi connectivity index (χ3v) is 2.93. The topological polar surface area (TPSA) is 24.1 Å². The van der Waals surface area contributed by atoms with Crippen LogP contribution in [0.25, 0.3) is 0 Å². The van der Waals surface area contributed by atoms with E-state index < -0.39 is 0 Å². The van der Waals surface area contributed by atoms with E-state index in [0.29, 0.717) is 12.0 Å². The fourth-order valence-corrected chi connectivity index (χ4v) is 2.14.